The molecule has 2 aromatic rings. The van der Waals surface area contributed by atoms with Gasteiger partial charge in [0.2, 0.25) is 0 Å². The van der Waals surface area contributed by atoms with Crippen LogP contribution >= 0.6 is 0 Å². The topological polar surface area (TPSA) is 66.0 Å². The highest BCUT2D eigenvalue weighted by Gasteiger charge is 2.13. The zero-order chi connectivity index (χ0) is 14.5. The molecule has 5 nitrogen and oxygen atoms in total. The Kier molecular flexibility index (Phi) is 4.74. The number of aromatic nitrogens is 3. The first-order chi connectivity index (χ1) is 9.65. The number of nitrogens with two attached hydrogens (primary N) is 1. The summed E-state index contributed by atoms with van der Waals surface area (Å²) in [5.74, 6) is 1.82. The Morgan fingerprint density at radius 1 is 1.40 bits per heavy atom. The summed E-state index contributed by atoms with van der Waals surface area (Å²) in [6, 6.07) is 5.96. The number of nitrogens with zero attached hydrogens (tertiary/aromatic N) is 3. The molecular weight excluding hydrogens is 252 g/mol. The van der Waals surface area contributed by atoms with E-state index in [0.717, 1.165) is 35.7 Å². The number of methoxy groups -OCH3 is 1. The Morgan fingerprint density at radius 3 is 2.85 bits per heavy atom. The Balaban J connectivity index is 2.13. The van der Waals surface area contributed by atoms with E-state index in [9.17, 15) is 0 Å². The van der Waals surface area contributed by atoms with Crippen molar-refractivity contribution in [2.75, 3.05) is 7.11 Å². The molecule has 0 saturated heterocycles. The van der Waals surface area contributed by atoms with Crippen molar-refractivity contribution in [1.82, 2.24) is 14.8 Å². The van der Waals surface area contributed by atoms with Crippen LogP contribution in [0.3, 0.4) is 0 Å². The molecule has 0 saturated carbocycles. The summed E-state index contributed by atoms with van der Waals surface area (Å²) in [7, 11) is 1.68. The van der Waals surface area contributed by atoms with Gasteiger partial charge in [-0.3, -0.25) is 4.68 Å². The molecule has 108 valence electrons. The largest absolute Gasteiger partial charge is 0.496 e. The van der Waals surface area contributed by atoms with Crippen LogP contribution in [0.15, 0.2) is 24.5 Å². The molecule has 0 radical (unpaired) electrons. The van der Waals surface area contributed by atoms with E-state index < -0.39 is 0 Å². The lowest BCUT2D eigenvalue weighted by molar-refractivity contribution is 0.411. The van der Waals surface area contributed by atoms with Gasteiger partial charge in [0.1, 0.15) is 17.9 Å². The number of ether oxygens (including phenoxy) is 1. The van der Waals surface area contributed by atoms with Crippen LogP contribution in [0, 0.1) is 6.92 Å². The number of hydrogen-bond donors (Lipinski definition) is 1. The zero-order valence-electron chi connectivity index (χ0n) is 12.3. The molecule has 2 N–H and O–H groups in total. The number of hydrogen-bond acceptors (Lipinski definition) is 4. The molecule has 0 spiro atoms. The Hall–Kier alpha value is -1.88. The van der Waals surface area contributed by atoms with Gasteiger partial charge in [0.15, 0.2) is 0 Å². The van der Waals surface area contributed by atoms with Crippen molar-refractivity contribution in [1.29, 1.82) is 0 Å². The first-order valence-corrected chi connectivity index (χ1v) is 6.92. The lowest BCUT2D eigenvalue weighted by Gasteiger charge is -2.14. The molecule has 2 rings (SSSR count). The summed E-state index contributed by atoms with van der Waals surface area (Å²) in [4.78, 5) is 4.30. The minimum Gasteiger partial charge on any atom is -0.496 e. The van der Waals surface area contributed by atoms with Crippen LogP contribution in [-0.4, -0.2) is 21.9 Å². The van der Waals surface area contributed by atoms with Gasteiger partial charge in [0.05, 0.1) is 7.11 Å². The van der Waals surface area contributed by atoms with Crippen LogP contribution in [0.25, 0.3) is 0 Å². The van der Waals surface area contributed by atoms with Gasteiger partial charge >= 0.3 is 0 Å². The summed E-state index contributed by atoms with van der Waals surface area (Å²) in [6.45, 7) is 5.02. The SMILES string of the molecule is CCCn1ncnc1CC(N)c1ccc(OC)c(C)c1. The third-order valence-corrected chi connectivity index (χ3v) is 3.38. The summed E-state index contributed by atoms with van der Waals surface area (Å²) in [5, 5.41) is 4.23. The van der Waals surface area contributed by atoms with E-state index in [1.54, 1.807) is 13.4 Å². The molecule has 1 aromatic carbocycles. The fourth-order valence-electron chi connectivity index (χ4n) is 2.29. The van der Waals surface area contributed by atoms with Crippen LogP contribution < -0.4 is 10.5 Å². The molecule has 0 aliphatic carbocycles. The highest BCUT2D eigenvalue weighted by Crippen LogP contribution is 2.23. The number of rotatable bonds is 6. The predicted molar refractivity (Wildman–Crippen MR) is 78.7 cm³/mol. The van der Waals surface area contributed by atoms with Crippen molar-refractivity contribution >= 4 is 0 Å². The van der Waals surface area contributed by atoms with Gasteiger partial charge < -0.3 is 10.5 Å². The van der Waals surface area contributed by atoms with Gasteiger partial charge in [-0.15, -0.1) is 0 Å². The molecule has 0 aliphatic rings. The maximum absolute atomic E-state index is 6.29. The molecule has 0 bridgehead atoms. The smallest absolute Gasteiger partial charge is 0.138 e. The monoisotopic (exact) mass is 274 g/mol. The standard InChI is InChI=1S/C15H22N4O/c1-4-7-19-15(17-10-18-19)9-13(16)12-5-6-14(20-3)11(2)8-12/h5-6,8,10,13H,4,7,9,16H2,1-3H3. The zero-order valence-corrected chi connectivity index (χ0v) is 12.3. The highest BCUT2D eigenvalue weighted by molar-refractivity contribution is 5.37. The van der Waals surface area contributed by atoms with Crippen LogP contribution in [0.1, 0.15) is 36.3 Å². The van der Waals surface area contributed by atoms with Crippen LogP contribution in [0.4, 0.5) is 0 Å². The summed E-state index contributed by atoms with van der Waals surface area (Å²) in [6.07, 6.45) is 3.32. The van der Waals surface area contributed by atoms with E-state index in [1.807, 2.05) is 23.7 Å². The van der Waals surface area contributed by atoms with E-state index >= 15 is 0 Å². The Labute approximate surface area is 119 Å². The average molecular weight is 274 g/mol. The third kappa shape index (κ3) is 3.17. The van der Waals surface area contributed by atoms with E-state index in [0.29, 0.717) is 6.42 Å². The van der Waals surface area contributed by atoms with Gasteiger partial charge in [-0.1, -0.05) is 19.1 Å². The Morgan fingerprint density at radius 2 is 2.20 bits per heavy atom. The van der Waals surface area contributed by atoms with E-state index in [1.165, 1.54) is 0 Å². The van der Waals surface area contributed by atoms with E-state index in [2.05, 4.69) is 23.1 Å². The lowest BCUT2D eigenvalue weighted by Crippen LogP contribution is -2.17. The lowest BCUT2D eigenvalue weighted by atomic mass is 10.0. The van der Waals surface area contributed by atoms with Gasteiger partial charge in [-0.05, 0) is 30.5 Å². The molecule has 1 atom stereocenters. The second-order valence-electron chi connectivity index (χ2n) is 4.94. The Bertz CT molecular complexity index is 565. The van der Waals surface area contributed by atoms with Crippen LogP contribution in [0.2, 0.25) is 0 Å². The molecule has 20 heavy (non-hydrogen) atoms. The molecule has 0 fully saturated rings. The summed E-state index contributed by atoms with van der Waals surface area (Å²) in [5.41, 5.74) is 8.47. The first-order valence-electron chi connectivity index (χ1n) is 6.92. The normalized spacial score (nSPS) is 12.4. The van der Waals surface area contributed by atoms with E-state index in [4.69, 9.17) is 10.5 Å². The first kappa shape index (κ1) is 14.5. The van der Waals surface area contributed by atoms with E-state index in [-0.39, 0.29) is 6.04 Å². The maximum Gasteiger partial charge on any atom is 0.138 e. The predicted octanol–water partition coefficient (Wildman–Crippen LogP) is 2.25. The van der Waals surface area contributed by atoms with Gasteiger partial charge in [-0.25, -0.2) is 4.98 Å². The molecule has 1 unspecified atom stereocenters. The van der Waals surface area contributed by atoms with Gasteiger partial charge in [-0.2, -0.15) is 5.10 Å². The third-order valence-electron chi connectivity index (χ3n) is 3.38. The minimum absolute atomic E-state index is 0.0839. The summed E-state index contributed by atoms with van der Waals surface area (Å²) < 4.78 is 7.20. The van der Waals surface area contributed by atoms with Gasteiger partial charge in [0.25, 0.3) is 0 Å². The highest BCUT2D eigenvalue weighted by atomic mass is 16.5. The fourth-order valence-corrected chi connectivity index (χ4v) is 2.29. The van der Waals surface area contributed by atoms with Gasteiger partial charge in [0, 0.05) is 19.0 Å². The van der Waals surface area contributed by atoms with Crippen molar-refractivity contribution in [3.63, 3.8) is 0 Å². The minimum atomic E-state index is -0.0839. The average Bonchev–Trinajstić information content (AvgIpc) is 2.86. The van der Waals surface area contributed by atoms with Crippen molar-refractivity contribution < 1.29 is 4.74 Å². The van der Waals surface area contributed by atoms with Crippen molar-refractivity contribution in [2.45, 2.75) is 39.3 Å². The molecule has 0 aliphatic heterocycles. The molecule has 5 heteroatoms. The molecule has 1 aromatic heterocycles. The van der Waals surface area contributed by atoms with Crippen LogP contribution in [0.5, 0.6) is 5.75 Å². The fraction of sp³-hybridized carbons (Fsp3) is 0.467. The second-order valence-corrected chi connectivity index (χ2v) is 4.94. The molecule has 1 heterocycles. The van der Waals surface area contributed by atoms with Crippen molar-refractivity contribution in [3.05, 3.63) is 41.5 Å². The maximum atomic E-state index is 6.29. The molecular formula is C15H22N4O. The van der Waals surface area contributed by atoms with Crippen LogP contribution in [-0.2, 0) is 13.0 Å². The van der Waals surface area contributed by atoms with Crippen molar-refractivity contribution in [3.8, 4) is 5.75 Å². The quantitative estimate of drug-likeness (QED) is 0.877. The number of aryl methyl sites for hydroxylation is 2. The molecule has 0 amide bonds. The number of benzene rings is 1. The summed E-state index contributed by atoms with van der Waals surface area (Å²) >= 11 is 0. The van der Waals surface area contributed by atoms with Crippen molar-refractivity contribution in [2.24, 2.45) is 5.73 Å². The second kappa shape index (κ2) is 6.52.